The van der Waals surface area contributed by atoms with Crippen LogP contribution >= 0.6 is 0 Å². The average molecular weight is 323 g/mol. The Morgan fingerprint density at radius 2 is 1.04 bits per heavy atom. The highest BCUT2D eigenvalue weighted by Crippen LogP contribution is 2.23. The van der Waals surface area contributed by atoms with Crippen LogP contribution in [0.25, 0.3) is 0 Å². The molecule has 0 saturated carbocycles. The van der Waals surface area contributed by atoms with Crippen LogP contribution in [0.1, 0.15) is 104 Å². The van der Waals surface area contributed by atoms with Crippen LogP contribution in [0.4, 0.5) is 0 Å². The molecule has 0 spiro atoms. The normalized spacial score (nSPS) is 17.4. The first-order valence-electron chi connectivity index (χ1n) is 10.5. The average Bonchev–Trinajstić information content (AvgIpc) is 2.95. The van der Waals surface area contributed by atoms with Gasteiger partial charge in [0.1, 0.15) is 6.17 Å². The molecule has 2 nitrogen and oxygen atoms in total. The van der Waals surface area contributed by atoms with Crippen LogP contribution in [-0.2, 0) is 0 Å². The predicted molar refractivity (Wildman–Crippen MR) is 103 cm³/mol. The molecule has 0 aromatic rings. The van der Waals surface area contributed by atoms with Crippen molar-refractivity contribution < 1.29 is 0 Å². The van der Waals surface area contributed by atoms with Gasteiger partial charge in [-0.25, -0.2) is 0 Å². The van der Waals surface area contributed by atoms with E-state index in [4.69, 9.17) is 0 Å². The molecule has 1 aliphatic heterocycles. The van der Waals surface area contributed by atoms with Crippen LogP contribution in [0.3, 0.4) is 0 Å². The summed E-state index contributed by atoms with van der Waals surface area (Å²) in [7, 11) is 0. The van der Waals surface area contributed by atoms with Gasteiger partial charge in [0.25, 0.3) is 0 Å². The molecule has 0 aromatic carbocycles. The first-order chi connectivity index (χ1) is 11.3. The van der Waals surface area contributed by atoms with Crippen molar-refractivity contribution in [3.63, 3.8) is 0 Å². The predicted octanol–water partition coefficient (Wildman–Crippen LogP) is 6.53. The zero-order chi connectivity index (χ0) is 16.8. The molecule has 0 amide bonds. The molecule has 1 aliphatic rings. The maximum absolute atomic E-state index is 2.63. The maximum Gasteiger partial charge on any atom is 0.101 e. The standard InChI is InChI=1S/C21H42N2/c1-4-7-10-12-13-15-18-23-20-19-22(17-9-6-3)21(23)16-14-11-8-5-2/h19-21H,4-18H2,1-3H3. The van der Waals surface area contributed by atoms with Gasteiger partial charge in [0.2, 0.25) is 0 Å². The minimum absolute atomic E-state index is 0.647. The lowest BCUT2D eigenvalue weighted by molar-refractivity contribution is 0.136. The summed E-state index contributed by atoms with van der Waals surface area (Å²) in [4.78, 5) is 5.23. The Hall–Kier alpha value is -0.660. The Kier molecular flexibility index (Phi) is 12.2. The van der Waals surface area contributed by atoms with E-state index in [-0.39, 0.29) is 0 Å². The minimum Gasteiger partial charge on any atom is -0.356 e. The van der Waals surface area contributed by atoms with E-state index >= 15 is 0 Å². The molecule has 1 unspecified atom stereocenters. The molecule has 1 atom stereocenters. The van der Waals surface area contributed by atoms with Crippen molar-refractivity contribution in [3.05, 3.63) is 12.4 Å². The van der Waals surface area contributed by atoms with Crippen molar-refractivity contribution in [1.82, 2.24) is 9.80 Å². The fourth-order valence-electron chi connectivity index (χ4n) is 3.51. The molecule has 0 fully saturated rings. The van der Waals surface area contributed by atoms with Crippen LogP contribution in [0.2, 0.25) is 0 Å². The van der Waals surface area contributed by atoms with Gasteiger partial charge in [-0.15, -0.1) is 0 Å². The van der Waals surface area contributed by atoms with Crippen molar-refractivity contribution in [2.75, 3.05) is 13.1 Å². The molecular formula is C21H42N2. The van der Waals surface area contributed by atoms with E-state index in [1.807, 2.05) is 0 Å². The highest BCUT2D eigenvalue weighted by atomic mass is 15.4. The topological polar surface area (TPSA) is 6.48 Å². The first-order valence-corrected chi connectivity index (χ1v) is 10.5. The van der Waals surface area contributed by atoms with E-state index in [0.29, 0.717) is 6.17 Å². The second kappa shape index (κ2) is 13.7. The van der Waals surface area contributed by atoms with Gasteiger partial charge < -0.3 is 9.80 Å². The monoisotopic (exact) mass is 322 g/mol. The number of rotatable bonds is 15. The van der Waals surface area contributed by atoms with Crippen molar-refractivity contribution in [2.45, 2.75) is 110 Å². The summed E-state index contributed by atoms with van der Waals surface area (Å²) in [5.41, 5.74) is 0. The van der Waals surface area contributed by atoms with Gasteiger partial charge in [-0.1, -0.05) is 78.6 Å². The lowest BCUT2D eigenvalue weighted by Crippen LogP contribution is -2.39. The van der Waals surface area contributed by atoms with Gasteiger partial charge in [-0.3, -0.25) is 0 Å². The van der Waals surface area contributed by atoms with E-state index in [2.05, 4.69) is 43.0 Å². The Bertz CT molecular complexity index is 288. The van der Waals surface area contributed by atoms with Gasteiger partial charge in [0, 0.05) is 25.5 Å². The summed E-state index contributed by atoms with van der Waals surface area (Å²) in [6.45, 7) is 9.38. The fraction of sp³-hybridized carbons (Fsp3) is 0.905. The molecule has 1 heterocycles. The summed E-state index contributed by atoms with van der Waals surface area (Å²) in [5, 5.41) is 0. The summed E-state index contributed by atoms with van der Waals surface area (Å²) >= 11 is 0. The van der Waals surface area contributed by atoms with Crippen molar-refractivity contribution in [3.8, 4) is 0 Å². The minimum atomic E-state index is 0.647. The Balaban J connectivity index is 2.30. The number of unbranched alkanes of at least 4 members (excludes halogenated alkanes) is 9. The van der Waals surface area contributed by atoms with Gasteiger partial charge in [-0.2, -0.15) is 0 Å². The maximum atomic E-state index is 2.63. The molecule has 0 radical (unpaired) electrons. The Morgan fingerprint density at radius 3 is 1.65 bits per heavy atom. The van der Waals surface area contributed by atoms with E-state index in [9.17, 15) is 0 Å². The smallest absolute Gasteiger partial charge is 0.101 e. The van der Waals surface area contributed by atoms with Crippen molar-refractivity contribution in [1.29, 1.82) is 0 Å². The molecule has 23 heavy (non-hydrogen) atoms. The third kappa shape index (κ3) is 8.67. The Morgan fingerprint density at radius 1 is 0.565 bits per heavy atom. The van der Waals surface area contributed by atoms with Gasteiger partial charge in [-0.05, 0) is 25.7 Å². The second-order valence-corrected chi connectivity index (χ2v) is 7.23. The highest BCUT2D eigenvalue weighted by molar-refractivity contribution is 4.96. The molecule has 1 rings (SSSR count). The lowest BCUT2D eigenvalue weighted by atomic mass is 10.1. The van der Waals surface area contributed by atoms with Crippen LogP contribution in [-0.4, -0.2) is 29.1 Å². The number of hydrogen-bond acceptors (Lipinski definition) is 2. The molecule has 136 valence electrons. The van der Waals surface area contributed by atoms with Crippen LogP contribution in [0.5, 0.6) is 0 Å². The molecule has 0 bridgehead atoms. The SMILES string of the molecule is CCCCCCCCN1C=CN(CCCC)C1CCCCCC. The van der Waals surface area contributed by atoms with Gasteiger partial charge >= 0.3 is 0 Å². The Labute approximate surface area is 146 Å². The zero-order valence-electron chi connectivity index (χ0n) is 16.2. The van der Waals surface area contributed by atoms with E-state index < -0.39 is 0 Å². The molecule has 0 aliphatic carbocycles. The summed E-state index contributed by atoms with van der Waals surface area (Å²) in [5.74, 6) is 0. The quantitative estimate of drug-likeness (QED) is 0.316. The van der Waals surface area contributed by atoms with E-state index in [1.54, 1.807) is 0 Å². The summed E-state index contributed by atoms with van der Waals surface area (Å²) < 4.78 is 0. The summed E-state index contributed by atoms with van der Waals surface area (Å²) in [6.07, 6.45) is 23.2. The molecular weight excluding hydrogens is 280 g/mol. The first kappa shape index (κ1) is 20.4. The summed E-state index contributed by atoms with van der Waals surface area (Å²) in [6, 6.07) is 0. The van der Waals surface area contributed by atoms with Crippen LogP contribution in [0, 0.1) is 0 Å². The van der Waals surface area contributed by atoms with Gasteiger partial charge in [0.05, 0.1) is 0 Å². The van der Waals surface area contributed by atoms with Crippen molar-refractivity contribution >= 4 is 0 Å². The van der Waals surface area contributed by atoms with E-state index in [1.165, 1.54) is 96.6 Å². The largest absolute Gasteiger partial charge is 0.356 e. The molecule has 0 aromatic heterocycles. The molecule has 0 N–H and O–H groups in total. The molecule has 2 heteroatoms. The highest BCUT2D eigenvalue weighted by Gasteiger charge is 2.24. The third-order valence-corrected chi connectivity index (χ3v) is 5.07. The number of hydrogen-bond donors (Lipinski definition) is 0. The van der Waals surface area contributed by atoms with Crippen LogP contribution < -0.4 is 0 Å². The number of nitrogens with zero attached hydrogens (tertiary/aromatic N) is 2. The third-order valence-electron chi connectivity index (χ3n) is 5.07. The zero-order valence-corrected chi connectivity index (χ0v) is 16.2. The van der Waals surface area contributed by atoms with Crippen molar-refractivity contribution in [2.24, 2.45) is 0 Å². The van der Waals surface area contributed by atoms with Crippen LogP contribution in [0.15, 0.2) is 12.4 Å². The molecule has 0 saturated heterocycles. The van der Waals surface area contributed by atoms with E-state index in [0.717, 1.165) is 0 Å². The fourth-order valence-corrected chi connectivity index (χ4v) is 3.51. The lowest BCUT2D eigenvalue weighted by Gasteiger charge is -2.33. The van der Waals surface area contributed by atoms with Gasteiger partial charge in [0.15, 0.2) is 0 Å². The second-order valence-electron chi connectivity index (χ2n) is 7.23.